The van der Waals surface area contributed by atoms with E-state index >= 15 is 0 Å². The monoisotopic (exact) mass is 380 g/mol. The van der Waals surface area contributed by atoms with Crippen molar-refractivity contribution >= 4 is 5.97 Å². The number of carbonyl (C=O) groups is 1. The van der Waals surface area contributed by atoms with Gasteiger partial charge in [0.25, 0.3) is 0 Å². The van der Waals surface area contributed by atoms with Crippen LogP contribution in [0.4, 0.5) is 13.2 Å². The van der Waals surface area contributed by atoms with Gasteiger partial charge in [0.1, 0.15) is 11.3 Å². The van der Waals surface area contributed by atoms with Crippen molar-refractivity contribution in [2.45, 2.75) is 20.0 Å². The molecule has 2 rings (SSSR count). The third-order valence-corrected chi connectivity index (χ3v) is 3.45. The smallest absolute Gasteiger partial charge is 0.433 e. The molecule has 0 saturated heterocycles. The minimum absolute atomic E-state index is 0.00149. The number of aryl methyl sites for hydroxylation is 1. The maximum atomic E-state index is 13.1. The normalized spacial score (nSPS) is 10.9. The van der Waals surface area contributed by atoms with Gasteiger partial charge in [-0.3, -0.25) is 0 Å². The lowest BCUT2D eigenvalue weighted by Gasteiger charge is -2.16. The van der Waals surface area contributed by atoms with Crippen LogP contribution in [-0.4, -0.2) is 24.7 Å². The van der Waals surface area contributed by atoms with Crippen LogP contribution in [0.5, 0.6) is 17.4 Å². The molecule has 0 N–H and O–H groups in total. The van der Waals surface area contributed by atoms with Crippen LogP contribution < -0.4 is 9.47 Å². The van der Waals surface area contributed by atoms with Crippen LogP contribution >= 0.6 is 0 Å². The quantitative estimate of drug-likeness (QED) is 0.721. The van der Waals surface area contributed by atoms with E-state index in [1.165, 1.54) is 32.2 Å². The van der Waals surface area contributed by atoms with E-state index in [-0.39, 0.29) is 34.8 Å². The van der Waals surface area contributed by atoms with Crippen molar-refractivity contribution in [1.29, 1.82) is 5.26 Å². The van der Waals surface area contributed by atoms with Gasteiger partial charge < -0.3 is 14.2 Å². The third-order valence-electron chi connectivity index (χ3n) is 3.45. The fourth-order valence-electron chi connectivity index (χ4n) is 2.24. The van der Waals surface area contributed by atoms with Crippen molar-refractivity contribution in [3.8, 4) is 23.4 Å². The number of esters is 1. The molecule has 0 aliphatic carbocycles. The van der Waals surface area contributed by atoms with Crippen molar-refractivity contribution in [1.82, 2.24) is 4.98 Å². The van der Waals surface area contributed by atoms with E-state index in [0.717, 1.165) is 6.07 Å². The van der Waals surface area contributed by atoms with E-state index in [9.17, 15) is 18.0 Å². The first-order valence-corrected chi connectivity index (χ1v) is 7.73. The maximum absolute atomic E-state index is 13.1. The molecule has 27 heavy (non-hydrogen) atoms. The summed E-state index contributed by atoms with van der Waals surface area (Å²) in [7, 11) is 1.31. The van der Waals surface area contributed by atoms with E-state index in [1.54, 1.807) is 6.92 Å². The minimum Gasteiger partial charge on any atom is -0.493 e. The number of hydrogen-bond acceptors (Lipinski definition) is 6. The molecule has 0 amide bonds. The van der Waals surface area contributed by atoms with Gasteiger partial charge in [-0.1, -0.05) is 0 Å². The van der Waals surface area contributed by atoms with Gasteiger partial charge in [-0.2, -0.15) is 18.4 Å². The molecule has 142 valence electrons. The van der Waals surface area contributed by atoms with Crippen LogP contribution in [0, 0.1) is 18.3 Å². The number of hydrogen-bond donors (Lipinski definition) is 0. The zero-order valence-corrected chi connectivity index (χ0v) is 14.7. The van der Waals surface area contributed by atoms with Crippen LogP contribution in [0.2, 0.25) is 0 Å². The molecule has 0 fully saturated rings. The van der Waals surface area contributed by atoms with Crippen molar-refractivity contribution in [3.63, 3.8) is 0 Å². The van der Waals surface area contributed by atoms with Crippen LogP contribution in [0.3, 0.4) is 0 Å². The predicted octanol–water partition coefficient (Wildman–Crippen LogP) is 4.26. The summed E-state index contributed by atoms with van der Waals surface area (Å²) in [6.07, 6.45) is -4.73. The van der Waals surface area contributed by atoms with Crippen LogP contribution in [-0.2, 0) is 10.9 Å². The molecule has 2 aromatic rings. The minimum atomic E-state index is -4.73. The molecule has 0 spiro atoms. The Balaban J connectivity index is 2.61. The lowest BCUT2D eigenvalue weighted by molar-refractivity contribution is -0.141. The largest absolute Gasteiger partial charge is 0.493 e. The van der Waals surface area contributed by atoms with E-state index in [0.29, 0.717) is 0 Å². The van der Waals surface area contributed by atoms with Gasteiger partial charge in [-0.05, 0) is 37.6 Å². The molecular formula is C18H15F3N2O4. The van der Waals surface area contributed by atoms with Gasteiger partial charge in [0.2, 0.25) is 5.88 Å². The summed E-state index contributed by atoms with van der Waals surface area (Å²) in [6, 6.07) is 6.72. The summed E-state index contributed by atoms with van der Waals surface area (Å²) >= 11 is 0. The Morgan fingerprint density at radius 1 is 1.26 bits per heavy atom. The van der Waals surface area contributed by atoms with Crippen LogP contribution in [0.15, 0.2) is 24.3 Å². The Morgan fingerprint density at radius 2 is 1.96 bits per heavy atom. The van der Waals surface area contributed by atoms with E-state index in [4.69, 9.17) is 19.5 Å². The Bertz CT molecular complexity index is 905. The molecular weight excluding hydrogens is 365 g/mol. The number of halogens is 3. The highest BCUT2D eigenvalue weighted by molar-refractivity contribution is 5.93. The zero-order valence-electron chi connectivity index (χ0n) is 14.7. The molecule has 1 heterocycles. The first-order chi connectivity index (χ1) is 12.7. The topological polar surface area (TPSA) is 81.4 Å². The molecule has 6 nitrogen and oxygen atoms in total. The summed E-state index contributed by atoms with van der Waals surface area (Å²) < 4.78 is 54.8. The summed E-state index contributed by atoms with van der Waals surface area (Å²) in [5.41, 5.74) is -1.18. The molecule has 0 unspecified atom stereocenters. The number of ether oxygens (including phenoxy) is 3. The van der Waals surface area contributed by atoms with E-state index in [2.05, 4.69) is 4.98 Å². The SMILES string of the molecule is CCOC(=O)c1c(C)cc(C(F)(F)F)nc1Oc1ccc(C#N)cc1OC. The zero-order chi connectivity index (χ0) is 20.2. The summed E-state index contributed by atoms with van der Waals surface area (Å²) in [5.74, 6) is -1.34. The highest BCUT2D eigenvalue weighted by Crippen LogP contribution is 2.37. The molecule has 0 radical (unpaired) electrons. The fourth-order valence-corrected chi connectivity index (χ4v) is 2.24. The van der Waals surface area contributed by atoms with Gasteiger partial charge in [0.05, 0.1) is 25.3 Å². The van der Waals surface area contributed by atoms with Crippen LogP contribution in [0.25, 0.3) is 0 Å². The molecule has 0 saturated carbocycles. The number of rotatable bonds is 5. The molecule has 1 aromatic carbocycles. The number of pyridine rings is 1. The van der Waals surface area contributed by atoms with Crippen molar-refractivity contribution in [2.75, 3.05) is 13.7 Å². The maximum Gasteiger partial charge on any atom is 0.433 e. The van der Waals surface area contributed by atoms with Gasteiger partial charge >= 0.3 is 12.1 Å². The summed E-state index contributed by atoms with van der Waals surface area (Å²) in [6.45, 7) is 2.92. The molecule has 0 bridgehead atoms. The molecule has 0 aliphatic rings. The highest BCUT2D eigenvalue weighted by atomic mass is 19.4. The molecule has 9 heteroatoms. The number of aromatic nitrogens is 1. The Hall–Kier alpha value is -3.28. The number of methoxy groups -OCH3 is 1. The average molecular weight is 380 g/mol. The second-order valence-corrected chi connectivity index (χ2v) is 5.30. The lowest BCUT2D eigenvalue weighted by atomic mass is 10.1. The summed E-state index contributed by atoms with van der Waals surface area (Å²) in [5, 5.41) is 8.93. The number of nitriles is 1. The molecule has 0 aliphatic heterocycles. The lowest BCUT2D eigenvalue weighted by Crippen LogP contribution is -2.15. The highest BCUT2D eigenvalue weighted by Gasteiger charge is 2.35. The fraction of sp³-hybridized carbons (Fsp3) is 0.278. The molecule has 0 atom stereocenters. The molecule has 1 aromatic heterocycles. The Kier molecular flexibility index (Phi) is 5.90. The number of carbonyl (C=O) groups excluding carboxylic acids is 1. The number of alkyl halides is 3. The number of benzene rings is 1. The first kappa shape index (κ1) is 20.0. The second-order valence-electron chi connectivity index (χ2n) is 5.30. The van der Waals surface area contributed by atoms with Crippen molar-refractivity contribution in [2.24, 2.45) is 0 Å². The average Bonchev–Trinajstić information content (AvgIpc) is 2.61. The standard InChI is InChI=1S/C18H15F3N2O4/c1-4-26-17(24)15-10(2)7-14(18(19,20)21)23-16(15)27-12-6-5-11(9-22)8-13(12)25-3/h5-8H,4H2,1-3H3. The number of nitrogens with zero attached hydrogens (tertiary/aromatic N) is 2. The van der Waals surface area contributed by atoms with E-state index in [1.807, 2.05) is 6.07 Å². The Morgan fingerprint density at radius 3 is 2.52 bits per heavy atom. The second kappa shape index (κ2) is 7.95. The predicted molar refractivity (Wildman–Crippen MR) is 87.7 cm³/mol. The van der Waals surface area contributed by atoms with Crippen molar-refractivity contribution < 1.29 is 32.2 Å². The van der Waals surface area contributed by atoms with E-state index < -0.39 is 23.7 Å². The van der Waals surface area contributed by atoms with Gasteiger partial charge in [0, 0.05) is 6.07 Å². The van der Waals surface area contributed by atoms with Crippen LogP contribution in [0.1, 0.15) is 34.1 Å². The van der Waals surface area contributed by atoms with Gasteiger partial charge in [0.15, 0.2) is 11.5 Å². The van der Waals surface area contributed by atoms with Gasteiger partial charge in [-0.25, -0.2) is 9.78 Å². The third kappa shape index (κ3) is 4.47. The Labute approximate surface area is 153 Å². The van der Waals surface area contributed by atoms with Crippen molar-refractivity contribution in [3.05, 3.63) is 46.6 Å². The first-order valence-electron chi connectivity index (χ1n) is 7.73. The van der Waals surface area contributed by atoms with Gasteiger partial charge in [-0.15, -0.1) is 0 Å². The summed E-state index contributed by atoms with van der Waals surface area (Å²) in [4.78, 5) is 15.6.